The molecule has 39 heavy (non-hydrogen) atoms. The van der Waals surface area contributed by atoms with Crippen molar-refractivity contribution in [1.29, 1.82) is 5.41 Å². The van der Waals surface area contributed by atoms with Crippen LogP contribution >= 0.6 is 11.8 Å². The van der Waals surface area contributed by atoms with Gasteiger partial charge in [-0.3, -0.25) is 15.0 Å². The van der Waals surface area contributed by atoms with Gasteiger partial charge in [0, 0.05) is 34.9 Å². The van der Waals surface area contributed by atoms with Gasteiger partial charge in [0.15, 0.2) is 5.79 Å². The normalized spacial score (nSPS) is 23.9. The number of rotatable bonds is 6. The lowest BCUT2D eigenvalue weighted by Gasteiger charge is -2.25. The number of hydrogen-bond donors (Lipinski definition) is 3. The second-order valence-corrected chi connectivity index (χ2v) is 11.5. The number of likely N-dealkylation sites (tertiary alicyclic amines) is 1. The molecule has 3 aliphatic heterocycles. The number of nitrogens with two attached hydrogens (primary N) is 1. The van der Waals surface area contributed by atoms with Gasteiger partial charge in [0.1, 0.15) is 11.9 Å². The van der Waals surface area contributed by atoms with Gasteiger partial charge in [-0.15, -0.1) is 11.8 Å². The lowest BCUT2D eigenvalue weighted by Crippen LogP contribution is -2.47. The maximum Gasteiger partial charge on any atom is 0.299 e. The van der Waals surface area contributed by atoms with Crippen LogP contribution in [0.3, 0.4) is 0 Å². The first-order valence-electron chi connectivity index (χ1n) is 12.8. The maximum absolute atomic E-state index is 15.0. The van der Waals surface area contributed by atoms with Crippen LogP contribution in [0.1, 0.15) is 29.5 Å². The lowest BCUT2D eigenvalue weighted by atomic mass is 10.0. The van der Waals surface area contributed by atoms with E-state index in [1.807, 2.05) is 5.41 Å². The van der Waals surface area contributed by atoms with Crippen LogP contribution < -0.4 is 11.1 Å². The molecule has 4 N–H and O–H groups in total. The first kappa shape index (κ1) is 26.0. The van der Waals surface area contributed by atoms with Crippen LogP contribution in [0, 0.1) is 5.41 Å². The summed E-state index contributed by atoms with van der Waals surface area (Å²) in [5, 5.41) is 12.4. The summed E-state index contributed by atoms with van der Waals surface area (Å²) in [5.74, 6) is -4.70. The SMILES string of the molecule is N=C(N)C1=CSC(CNC(=O)C2CC3(CN2C(=O)Cc2ccc4c(c2)-c2ccccc2C4(F)F)OCCO3)C1. The van der Waals surface area contributed by atoms with E-state index in [4.69, 9.17) is 20.6 Å². The fourth-order valence-electron chi connectivity index (χ4n) is 5.80. The monoisotopic (exact) mass is 554 g/mol. The second kappa shape index (κ2) is 9.72. The number of amidine groups is 1. The zero-order chi connectivity index (χ0) is 27.4. The van der Waals surface area contributed by atoms with Crippen molar-refractivity contribution < 1.29 is 27.8 Å². The molecule has 2 aromatic carbocycles. The molecule has 0 aromatic heterocycles. The number of fused-ring (bicyclic) bond motifs is 3. The minimum Gasteiger partial charge on any atom is -0.384 e. The van der Waals surface area contributed by atoms with E-state index in [2.05, 4.69) is 5.32 Å². The molecule has 4 aliphatic rings. The van der Waals surface area contributed by atoms with Crippen LogP contribution in [-0.2, 0) is 31.4 Å². The summed E-state index contributed by atoms with van der Waals surface area (Å²) < 4.78 is 41.6. The summed E-state index contributed by atoms with van der Waals surface area (Å²) in [7, 11) is 0. The van der Waals surface area contributed by atoms with E-state index < -0.39 is 17.8 Å². The van der Waals surface area contributed by atoms with Gasteiger partial charge >= 0.3 is 0 Å². The first-order valence-corrected chi connectivity index (χ1v) is 13.8. The van der Waals surface area contributed by atoms with Crippen LogP contribution in [-0.4, -0.2) is 65.9 Å². The van der Waals surface area contributed by atoms with Crippen LogP contribution in [0.2, 0.25) is 0 Å². The van der Waals surface area contributed by atoms with E-state index in [9.17, 15) is 18.4 Å². The third kappa shape index (κ3) is 4.62. The Balaban J connectivity index is 1.18. The minimum absolute atomic E-state index is 0.0279. The van der Waals surface area contributed by atoms with E-state index >= 15 is 0 Å². The summed E-state index contributed by atoms with van der Waals surface area (Å²) in [6.45, 7) is 1.24. The van der Waals surface area contributed by atoms with Gasteiger partial charge in [0.25, 0.3) is 5.92 Å². The summed E-state index contributed by atoms with van der Waals surface area (Å²) in [6, 6.07) is 10.2. The van der Waals surface area contributed by atoms with Crippen LogP contribution in [0.25, 0.3) is 11.1 Å². The molecule has 2 atom stereocenters. The Morgan fingerprint density at radius 3 is 2.62 bits per heavy atom. The Labute approximate surface area is 228 Å². The van der Waals surface area contributed by atoms with E-state index in [0.29, 0.717) is 42.9 Å². The fraction of sp³-hybridized carbons (Fsp3) is 0.393. The smallest absolute Gasteiger partial charge is 0.299 e. The molecule has 0 radical (unpaired) electrons. The first-order chi connectivity index (χ1) is 18.7. The van der Waals surface area contributed by atoms with Gasteiger partial charge in [-0.1, -0.05) is 42.5 Å². The number of thioether (sulfide) groups is 1. The highest BCUT2D eigenvalue weighted by Crippen LogP contribution is 2.51. The van der Waals surface area contributed by atoms with E-state index in [-0.39, 0.29) is 53.4 Å². The Kier molecular flexibility index (Phi) is 6.47. The number of ether oxygens (including phenoxy) is 2. The Morgan fingerprint density at radius 2 is 1.87 bits per heavy atom. The van der Waals surface area contributed by atoms with Crippen molar-refractivity contribution in [1.82, 2.24) is 10.2 Å². The standard InChI is InChI=1S/C28H28F2N4O4S/c29-28(30)21-4-2-1-3-19(21)20-9-16(5-6-22(20)28)10-24(35)34-15-27(37-7-8-38-27)12-23(34)26(36)33-13-18-11-17(14-39-18)25(31)32/h1-6,9,14,18,23H,7-8,10-13,15H2,(H3,31,32)(H,33,36). The summed E-state index contributed by atoms with van der Waals surface area (Å²) >= 11 is 1.51. The largest absolute Gasteiger partial charge is 0.384 e. The van der Waals surface area contributed by atoms with Crippen molar-refractivity contribution in [2.75, 3.05) is 26.3 Å². The minimum atomic E-state index is -3.09. The predicted octanol–water partition coefficient (Wildman–Crippen LogP) is 3.14. The lowest BCUT2D eigenvalue weighted by molar-refractivity contribution is -0.152. The van der Waals surface area contributed by atoms with Crippen LogP contribution in [0.15, 0.2) is 53.4 Å². The quantitative estimate of drug-likeness (QED) is 0.373. The number of hydrogen-bond acceptors (Lipinski definition) is 6. The number of benzene rings is 2. The van der Waals surface area contributed by atoms with Crippen molar-refractivity contribution in [2.45, 2.75) is 42.3 Å². The molecule has 2 fully saturated rings. The molecule has 2 unspecified atom stereocenters. The van der Waals surface area contributed by atoms with Crippen molar-refractivity contribution in [3.8, 4) is 11.1 Å². The molecule has 8 nitrogen and oxygen atoms in total. The average Bonchev–Trinajstić information content (AvgIpc) is 3.70. The highest BCUT2D eigenvalue weighted by Gasteiger charge is 2.52. The maximum atomic E-state index is 15.0. The van der Waals surface area contributed by atoms with Crippen molar-refractivity contribution in [3.05, 3.63) is 70.1 Å². The summed E-state index contributed by atoms with van der Waals surface area (Å²) in [5.41, 5.74) is 7.68. The van der Waals surface area contributed by atoms with E-state index in [1.165, 1.54) is 28.8 Å². The van der Waals surface area contributed by atoms with Gasteiger partial charge in [-0.2, -0.15) is 8.78 Å². The molecule has 0 saturated carbocycles. The number of nitrogens with zero attached hydrogens (tertiary/aromatic N) is 1. The zero-order valence-corrected chi connectivity index (χ0v) is 21.9. The Hall–Kier alpha value is -3.28. The topological polar surface area (TPSA) is 118 Å². The molecular formula is C28H28F2N4O4S. The summed E-state index contributed by atoms with van der Waals surface area (Å²) in [6.07, 6.45) is 0.749. The second-order valence-electron chi connectivity index (χ2n) is 10.3. The van der Waals surface area contributed by atoms with Crippen LogP contribution in [0.4, 0.5) is 8.78 Å². The van der Waals surface area contributed by atoms with Crippen molar-refractivity contribution in [3.63, 3.8) is 0 Å². The Morgan fingerprint density at radius 1 is 1.13 bits per heavy atom. The number of carbonyl (C=O) groups is 2. The predicted molar refractivity (Wildman–Crippen MR) is 142 cm³/mol. The van der Waals surface area contributed by atoms with Gasteiger partial charge < -0.3 is 25.4 Å². The zero-order valence-electron chi connectivity index (χ0n) is 21.0. The molecule has 2 aromatic rings. The van der Waals surface area contributed by atoms with E-state index in [0.717, 1.165) is 5.57 Å². The van der Waals surface area contributed by atoms with E-state index in [1.54, 1.807) is 30.3 Å². The highest BCUT2D eigenvalue weighted by atomic mass is 32.2. The highest BCUT2D eigenvalue weighted by molar-refractivity contribution is 8.03. The molecule has 6 rings (SSSR count). The average molecular weight is 555 g/mol. The molecule has 11 heteroatoms. The molecule has 204 valence electrons. The number of nitrogens with one attached hydrogen (secondary N) is 2. The number of alkyl halides is 2. The third-order valence-electron chi connectivity index (χ3n) is 7.76. The molecule has 2 amide bonds. The fourth-order valence-corrected chi connectivity index (χ4v) is 6.83. The number of halogens is 2. The van der Waals surface area contributed by atoms with Gasteiger partial charge in [-0.05, 0) is 28.5 Å². The van der Waals surface area contributed by atoms with Gasteiger partial charge in [0.05, 0.1) is 26.2 Å². The third-order valence-corrected chi connectivity index (χ3v) is 8.90. The molecule has 1 spiro atoms. The van der Waals surface area contributed by atoms with Gasteiger partial charge in [0.2, 0.25) is 11.8 Å². The summed E-state index contributed by atoms with van der Waals surface area (Å²) in [4.78, 5) is 28.3. The van der Waals surface area contributed by atoms with Crippen molar-refractivity contribution in [2.24, 2.45) is 5.73 Å². The number of amides is 2. The molecule has 0 bridgehead atoms. The number of carbonyl (C=O) groups excluding carboxylic acids is 2. The molecule has 3 heterocycles. The van der Waals surface area contributed by atoms with Gasteiger partial charge in [-0.25, -0.2) is 0 Å². The molecular weight excluding hydrogens is 526 g/mol. The Bertz CT molecular complexity index is 1390. The van der Waals surface area contributed by atoms with Crippen molar-refractivity contribution >= 4 is 29.4 Å². The molecule has 1 aliphatic carbocycles. The molecule has 2 saturated heterocycles. The van der Waals surface area contributed by atoms with Crippen LogP contribution in [0.5, 0.6) is 0 Å².